The highest BCUT2D eigenvalue weighted by Crippen LogP contribution is 2.59. The summed E-state index contributed by atoms with van der Waals surface area (Å²) >= 11 is 0. The Bertz CT molecular complexity index is 667. The molecule has 0 aliphatic heterocycles. The molecule has 4 aliphatic rings. The zero-order valence-electron chi connectivity index (χ0n) is 15.0. The van der Waals surface area contributed by atoms with Gasteiger partial charge in [-0.05, 0) is 73.3 Å². The Morgan fingerprint density at radius 1 is 1.08 bits per heavy atom. The van der Waals surface area contributed by atoms with Gasteiger partial charge in [-0.1, -0.05) is 18.2 Å². The predicted octanol–water partition coefficient (Wildman–Crippen LogP) is 3.24. The van der Waals surface area contributed by atoms with E-state index in [0.29, 0.717) is 6.54 Å². The van der Waals surface area contributed by atoms with Crippen LogP contribution in [0.5, 0.6) is 0 Å². The predicted molar refractivity (Wildman–Crippen MR) is 94.7 cm³/mol. The first-order valence-electron chi connectivity index (χ1n) is 9.67. The molecule has 140 valence electrons. The van der Waals surface area contributed by atoms with E-state index in [1.807, 2.05) is 0 Å². The van der Waals surface area contributed by atoms with E-state index in [2.05, 4.69) is 5.32 Å². The van der Waals surface area contributed by atoms with Crippen LogP contribution in [-0.4, -0.2) is 25.0 Å². The lowest BCUT2D eigenvalue weighted by atomic mass is 9.49. The number of esters is 1. The molecule has 0 atom stereocenters. The Morgan fingerprint density at radius 2 is 1.69 bits per heavy atom. The highest BCUT2D eigenvalue weighted by Gasteiger charge is 2.50. The van der Waals surface area contributed by atoms with Crippen LogP contribution in [0.15, 0.2) is 24.3 Å². The van der Waals surface area contributed by atoms with Crippen molar-refractivity contribution in [3.8, 4) is 0 Å². The van der Waals surface area contributed by atoms with Gasteiger partial charge >= 0.3 is 5.97 Å². The summed E-state index contributed by atoms with van der Waals surface area (Å²) in [5.41, 5.74) is 0.549. The topological polar surface area (TPSA) is 55.4 Å². The molecule has 0 unspecified atom stereocenters. The highest BCUT2D eigenvalue weighted by molar-refractivity contribution is 5.81. The Kier molecular flexibility index (Phi) is 4.72. The van der Waals surface area contributed by atoms with Crippen molar-refractivity contribution >= 4 is 11.9 Å². The number of benzene rings is 1. The van der Waals surface area contributed by atoms with Gasteiger partial charge in [-0.3, -0.25) is 9.59 Å². The van der Waals surface area contributed by atoms with Gasteiger partial charge < -0.3 is 10.1 Å². The molecular weight excluding hydrogens is 333 g/mol. The average molecular weight is 359 g/mol. The van der Waals surface area contributed by atoms with Gasteiger partial charge in [0, 0.05) is 6.54 Å². The molecule has 0 heterocycles. The van der Waals surface area contributed by atoms with Gasteiger partial charge in [-0.25, -0.2) is 4.39 Å². The second kappa shape index (κ2) is 7.01. The van der Waals surface area contributed by atoms with E-state index in [0.717, 1.165) is 17.8 Å². The summed E-state index contributed by atoms with van der Waals surface area (Å²) in [6, 6.07) is 6.09. The molecule has 4 fully saturated rings. The first kappa shape index (κ1) is 17.5. The minimum atomic E-state index is -0.583. The molecule has 5 rings (SSSR count). The molecule has 4 bridgehead atoms. The van der Waals surface area contributed by atoms with Crippen LogP contribution >= 0.6 is 0 Å². The van der Waals surface area contributed by atoms with E-state index in [9.17, 15) is 14.0 Å². The van der Waals surface area contributed by atoms with Crippen LogP contribution < -0.4 is 5.32 Å². The third kappa shape index (κ3) is 3.76. The van der Waals surface area contributed by atoms with Crippen molar-refractivity contribution in [1.82, 2.24) is 5.32 Å². The van der Waals surface area contributed by atoms with Crippen LogP contribution in [0.4, 0.5) is 4.39 Å². The molecular formula is C21H26FNO3. The zero-order chi connectivity index (χ0) is 18.1. The Hall–Kier alpha value is -1.91. The molecule has 4 nitrogen and oxygen atoms in total. The molecule has 1 amide bonds. The van der Waals surface area contributed by atoms with Crippen LogP contribution in [0.25, 0.3) is 0 Å². The SMILES string of the molecule is O=C(COC(=O)Cc1ccccc1F)NCC12CC3CC(CC(C3)C1)C2. The quantitative estimate of drug-likeness (QED) is 0.794. The number of amides is 1. The minimum absolute atomic E-state index is 0.158. The van der Waals surface area contributed by atoms with Gasteiger partial charge in [-0.2, -0.15) is 0 Å². The number of carbonyl (C=O) groups is 2. The Morgan fingerprint density at radius 3 is 2.31 bits per heavy atom. The summed E-state index contributed by atoms with van der Waals surface area (Å²) in [5.74, 6) is 1.25. The van der Waals surface area contributed by atoms with Crippen molar-refractivity contribution in [3.63, 3.8) is 0 Å². The van der Waals surface area contributed by atoms with E-state index in [1.165, 1.54) is 44.6 Å². The normalized spacial score (nSPS) is 31.7. The van der Waals surface area contributed by atoms with E-state index in [1.54, 1.807) is 18.2 Å². The van der Waals surface area contributed by atoms with E-state index >= 15 is 0 Å². The van der Waals surface area contributed by atoms with Gasteiger partial charge in [0.05, 0.1) is 6.42 Å². The summed E-state index contributed by atoms with van der Waals surface area (Å²) in [4.78, 5) is 23.9. The van der Waals surface area contributed by atoms with Crippen LogP contribution in [0.1, 0.15) is 44.1 Å². The lowest BCUT2D eigenvalue weighted by Crippen LogP contribution is -2.51. The number of hydrogen-bond donors (Lipinski definition) is 1. The van der Waals surface area contributed by atoms with E-state index in [-0.39, 0.29) is 29.9 Å². The zero-order valence-corrected chi connectivity index (χ0v) is 15.0. The van der Waals surface area contributed by atoms with Crippen LogP contribution in [0, 0.1) is 29.0 Å². The number of carbonyl (C=O) groups excluding carboxylic acids is 2. The standard InChI is InChI=1S/C21H26FNO3/c22-18-4-2-1-3-17(18)8-20(25)26-12-19(24)23-13-21-9-14-5-15(10-21)7-16(6-14)11-21/h1-4,14-16H,5-13H2,(H,23,24). The summed E-state index contributed by atoms with van der Waals surface area (Å²) < 4.78 is 18.6. The molecule has 26 heavy (non-hydrogen) atoms. The van der Waals surface area contributed by atoms with Crippen LogP contribution in [0.2, 0.25) is 0 Å². The number of nitrogens with one attached hydrogen (secondary N) is 1. The molecule has 1 aromatic carbocycles. The average Bonchev–Trinajstić information content (AvgIpc) is 2.59. The summed E-state index contributed by atoms with van der Waals surface area (Å²) in [6.07, 6.45) is 7.66. The molecule has 0 aromatic heterocycles. The van der Waals surface area contributed by atoms with Crippen molar-refractivity contribution in [1.29, 1.82) is 0 Å². The summed E-state index contributed by atoms with van der Waals surface area (Å²) in [5, 5.41) is 2.98. The fourth-order valence-corrected chi connectivity index (χ4v) is 5.84. The van der Waals surface area contributed by atoms with E-state index < -0.39 is 11.8 Å². The van der Waals surface area contributed by atoms with Gasteiger partial charge in [-0.15, -0.1) is 0 Å². The third-order valence-electron chi connectivity index (χ3n) is 6.48. The number of hydrogen-bond acceptors (Lipinski definition) is 3. The van der Waals surface area contributed by atoms with Gasteiger partial charge in [0.1, 0.15) is 5.82 Å². The maximum atomic E-state index is 13.5. The van der Waals surface area contributed by atoms with Crippen LogP contribution in [0.3, 0.4) is 0 Å². The molecule has 4 saturated carbocycles. The highest BCUT2D eigenvalue weighted by atomic mass is 19.1. The van der Waals surface area contributed by atoms with Crippen molar-refractivity contribution < 1.29 is 18.7 Å². The monoisotopic (exact) mass is 359 g/mol. The molecule has 0 spiro atoms. The maximum absolute atomic E-state index is 13.5. The first-order valence-corrected chi connectivity index (χ1v) is 9.67. The van der Waals surface area contributed by atoms with Crippen molar-refractivity contribution in [3.05, 3.63) is 35.6 Å². The van der Waals surface area contributed by atoms with Gasteiger partial charge in [0.15, 0.2) is 6.61 Å². The van der Waals surface area contributed by atoms with Crippen LogP contribution in [-0.2, 0) is 20.7 Å². The van der Waals surface area contributed by atoms with Gasteiger partial charge in [0.25, 0.3) is 5.91 Å². The molecule has 0 radical (unpaired) electrons. The number of rotatable bonds is 6. The van der Waals surface area contributed by atoms with E-state index in [4.69, 9.17) is 4.74 Å². The van der Waals surface area contributed by atoms with Crippen molar-refractivity contribution in [2.24, 2.45) is 23.2 Å². The smallest absolute Gasteiger partial charge is 0.310 e. The van der Waals surface area contributed by atoms with Crippen molar-refractivity contribution in [2.75, 3.05) is 13.2 Å². The first-order chi connectivity index (χ1) is 12.5. The second-order valence-corrected chi connectivity index (χ2v) is 8.62. The van der Waals surface area contributed by atoms with Crippen molar-refractivity contribution in [2.45, 2.75) is 44.9 Å². The lowest BCUT2D eigenvalue weighted by Gasteiger charge is -2.56. The lowest BCUT2D eigenvalue weighted by molar-refractivity contribution is -0.148. The number of ether oxygens (including phenoxy) is 1. The summed E-state index contributed by atoms with van der Waals surface area (Å²) in [7, 11) is 0. The number of halogens is 1. The fourth-order valence-electron chi connectivity index (χ4n) is 5.84. The minimum Gasteiger partial charge on any atom is -0.455 e. The molecule has 5 heteroatoms. The fraction of sp³-hybridized carbons (Fsp3) is 0.619. The Balaban J connectivity index is 1.22. The largest absolute Gasteiger partial charge is 0.455 e. The maximum Gasteiger partial charge on any atom is 0.310 e. The second-order valence-electron chi connectivity index (χ2n) is 8.62. The van der Waals surface area contributed by atoms with Gasteiger partial charge in [0.2, 0.25) is 0 Å². The third-order valence-corrected chi connectivity index (χ3v) is 6.48. The summed E-state index contributed by atoms with van der Waals surface area (Å²) in [6.45, 7) is 0.403. The molecule has 0 saturated heterocycles. The molecule has 1 N–H and O–H groups in total. The molecule has 4 aliphatic carbocycles. The molecule has 1 aromatic rings. The Labute approximate surface area is 153 Å².